The van der Waals surface area contributed by atoms with Crippen LogP contribution in [-0.2, 0) is 10.0 Å². The number of nitrogens with two attached hydrogens (primary N) is 1. The summed E-state index contributed by atoms with van der Waals surface area (Å²) in [4.78, 5) is 4.76. The van der Waals surface area contributed by atoms with Gasteiger partial charge in [0.2, 0.25) is 21.7 Å². The zero-order chi connectivity index (χ0) is 19.4. The quantitative estimate of drug-likeness (QED) is 0.742. The van der Waals surface area contributed by atoms with Gasteiger partial charge in [0.1, 0.15) is 0 Å². The van der Waals surface area contributed by atoms with Gasteiger partial charge in [0.05, 0.1) is 10.8 Å². The fourth-order valence-electron chi connectivity index (χ4n) is 3.97. The van der Waals surface area contributed by atoms with Crippen molar-refractivity contribution in [2.75, 3.05) is 0 Å². The lowest BCUT2D eigenvalue weighted by Crippen LogP contribution is -2.13. The van der Waals surface area contributed by atoms with Crippen LogP contribution in [0.4, 0.5) is 0 Å². The minimum absolute atomic E-state index is 0.0595. The summed E-state index contributed by atoms with van der Waals surface area (Å²) in [5.74, 6) is 1.45. The summed E-state index contributed by atoms with van der Waals surface area (Å²) in [5.41, 5.74) is 2.55. The fraction of sp³-hybridized carbons (Fsp3) is 0.300. The number of hydrogen-bond acceptors (Lipinski definition) is 5. The van der Waals surface area contributed by atoms with E-state index >= 15 is 0 Å². The number of rotatable bonds is 4. The SMILES string of the molecule is Cc1cc(C2C(c3nc(-c4ccccc4)no3)C2(C)C)ccc1S(N)(=O)=O. The second-order valence-electron chi connectivity index (χ2n) is 7.67. The number of benzene rings is 2. The van der Waals surface area contributed by atoms with E-state index in [9.17, 15) is 8.42 Å². The first-order chi connectivity index (χ1) is 12.7. The van der Waals surface area contributed by atoms with Crippen molar-refractivity contribution >= 4 is 10.0 Å². The number of aryl methyl sites for hydroxylation is 1. The molecule has 0 radical (unpaired) electrons. The molecule has 1 saturated carbocycles. The molecule has 0 amide bonds. The summed E-state index contributed by atoms with van der Waals surface area (Å²) in [6.45, 7) is 6.06. The Morgan fingerprint density at radius 3 is 2.41 bits per heavy atom. The van der Waals surface area contributed by atoms with Gasteiger partial charge >= 0.3 is 0 Å². The van der Waals surface area contributed by atoms with Crippen molar-refractivity contribution < 1.29 is 12.9 Å². The molecule has 140 valence electrons. The van der Waals surface area contributed by atoms with Gasteiger partial charge in [-0.3, -0.25) is 0 Å². The second-order valence-corrected chi connectivity index (χ2v) is 9.20. The normalized spacial score (nSPS) is 21.2. The Kier molecular flexibility index (Phi) is 3.98. The Morgan fingerprint density at radius 2 is 1.78 bits per heavy atom. The molecule has 2 aromatic carbocycles. The molecule has 1 aromatic heterocycles. The third kappa shape index (κ3) is 3.07. The molecular weight excluding hydrogens is 362 g/mol. The minimum Gasteiger partial charge on any atom is -0.339 e. The highest BCUT2D eigenvalue weighted by atomic mass is 32.2. The van der Waals surface area contributed by atoms with Gasteiger partial charge in [-0.1, -0.05) is 61.5 Å². The zero-order valence-corrected chi connectivity index (χ0v) is 16.2. The lowest BCUT2D eigenvalue weighted by atomic mass is 10.0. The van der Waals surface area contributed by atoms with Gasteiger partial charge < -0.3 is 4.52 Å². The zero-order valence-electron chi connectivity index (χ0n) is 15.4. The van der Waals surface area contributed by atoms with Gasteiger partial charge in [-0.25, -0.2) is 13.6 Å². The van der Waals surface area contributed by atoms with Gasteiger partial charge in [0.15, 0.2) is 0 Å². The third-order valence-electron chi connectivity index (χ3n) is 5.43. The maximum Gasteiger partial charge on any atom is 0.238 e. The van der Waals surface area contributed by atoms with E-state index < -0.39 is 10.0 Å². The van der Waals surface area contributed by atoms with E-state index in [1.54, 1.807) is 13.0 Å². The minimum atomic E-state index is -3.72. The van der Waals surface area contributed by atoms with Crippen molar-refractivity contribution in [3.63, 3.8) is 0 Å². The molecule has 1 aliphatic carbocycles. The smallest absolute Gasteiger partial charge is 0.238 e. The molecule has 2 N–H and O–H groups in total. The molecule has 2 atom stereocenters. The van der Waals surface area contributed by atoms with Crippen LogP contribution in [0.5, 0.6) is 0 Å². The topological polar surface area (TPSA) is 99.1 Å². The summed E-state index contributed by atoms with van der Waals surface area (Å²) in [6.07, 6.45) is 0. The molecule has 1 aliphatic rings. The molecule has 1 heterocycles. The molecule has 0 spiro atoms. The van der Waals surface area contributed by atoms with Crippen molar-refractivity contribution in [3.8, 4) is 11.4 Å². The Morgan fingerprint density at radius 1 is 1.07 bits per heavy atom. The van der Waals surface area contributed by atoms with E-state index in [-0.39, 0.29) is 22.1 Å². The monoisotopic (exact) mass is 383 g/mol. The van der Waals surface area contributed by atoms with Crippen LogP contribution >= 0.6 is 0 Å². The van der Waals surface area contributed by atoms with E-state index in [0.29, 0.717) is 17.3 Å². The first-order valence-corrected chi connectivity index (χ1v) is 10.3. The molecule has 0 bridgehead atoms. The maximum absolute atomic E-state index is 11.6. The van der Waals surface area contributed by atoms with Crippen LogP contribution < -0.4 is 5.14 Å². The second kappa shape index (κ2) is 6.00. The van der Waals surface area contributed by atoms with Crippen LogP contribution in [0.15, 0.2) is 57.9 Å². The molecule has 2 unspecified atom stereocenters. The van der Waals surface area contributed by atoms with Gasteiger partial charge in [-0.2, -0.15) is 4.98 Å². The molecule has 27 heavy (non-hydrogen) atoms. The van der Waals surface area contributed by atoms with E-state index in [4.69, 9.17) is 9.66 Å². The Bertz CT molecular complexity index is 1100. The molecule has 0 saturated heterocycles. The molecule has 7 heteroatoms. The average molecular weight is 383 g/mol. The number of hydrogen-bond donors (Lipinski definition) is 1. The van der Waals surface area contributed by atoms with Crippen LogP contribution in [0.25, 0.3) is 11.4 Å². The summed E-state index contributed by atoms with van der Waals surface area (Å²) in [5, 5.41) is 9.39. The average Bonchev–Trinajstić information content (AvgIpc) is 2.94. The Labute approximate surface area is 158 Å². The highest BCUT2D eigenvalue weighted by Gasteiger charge is 2.62. The first kappa shape index (κ1) is 17.9. The largest absolute Gasteiger partial charge is 0.339 e. The molecular formula is C20H21N3O3S. The van der Waals surface area contributed by atoms with Gasteiger partial charge in [0.25, 0.3) is 0 Å². The summed E-state index contributed by atoms with van der Waals surface area (Å²) < 4.78 is 28.9. The fourth-order valence-corrected chi connectivity index (χ4v) is 4.74. The third-order valence-corrected chi connectivity index (χ3v) is 6.50. The molecule has 6 nitrogen and oxygen atoms in total. The summed E-state index contributed by atoms with van der Waals surface area (Å²) >= 11 is 0. The van der Waals surface area contributed by atoms with Crippen molar-refractivity contribution in [2.45, 2.75) is 37.5 Å². The standard InChI is InChI=1S/C20H21N3O3S/c1-12-11-14(9-10-15(12)27(21,24)25)16-17(20(16,2)3)19-22-18(23-26-19)13-7-5-4-6-8-13/h4-11,16-17H,1-3H3,(H2,21,24,25). The maximum atomic E-state index is 11.6. The Balaban J connectivity index is 1.65. The van der Waals surface area contributed by atoms with E-state index in [1.165, 1.54) is 0 Å². The predicted octanol–water partition coefficient (Wildman–Crippen LogP) is 3.60. The summed E-state index contributed by atoms with van der Waals surface area (Å²) in [6, 6.07) is 15.0. The highest BCUT2D eigenvalue weighted by molar-refractivity contribution is 7.89. The first-order valence-electron chi connectivity index (χ1n) is 8.72. The molecule has 4 rings (SSSR count). The van der Waals surface area contributed by atoms with Gasteiger partial charge in [0, 0.05) is 11.5 Å². The number of primary sulfonamides is 1. The van der Waals surface area contributed by atoms with Crippen LogP contribution in [-0.4, -0.2) is 18.6 Å². The van der Waals surface area contributed by atoms with Gasteiger partial charge in [-0.15, -0.1) is 0 Å². The van der Waals surface area contributed by atoms with E-state index in [0.717, 1.165) is 11.1 Å². The van der Waals surface area contributed by atoms with Crippen LogP contribution in [0.1, 0.15) is 42.7 Å². The van der Waals surface area contributed by atoms with Crippen LogP contribution in [0.2, 0.25) is 0 Å². The number of sulfonamides is 1. The van der Waals surface area contributed by atoms with Crippen molar-refractivity contribution in [3.05, 3.63) is 65.5 Å². The van der Waals surface area contributed by atoms with Crippen LogP contribution in [0.3, 0.4) is 0 Å². The lowest BCUT2D eigenvalue weighted by molar-refractivity contribution is 0.368. The van der Waals surface area contributed by atoms with Crippen molar-refractivity contribution in [1.29, 1.82) is 0 Å². The van der Waals surface area contributed by atoms with Gasteiger partial charge in [-0.05, 0) is 29.5 Å². The Hall–Kier alpha value is -2.51. The highest BCUT2D eigenvalue weighted by Crippen LogP contribution is 2.69. The predicted molar refractivity (Wildman–Crippen MR) is 102 cm³/mol. The van der Waals surface area contributed by atoms with Crippen molar-refractivity contribution in [2.24, 2.45) is 10.6 Å². The van der Waals surface area contributed by atoms with E-state index in [1.807, 2.05) is 42.5 Å². The van der Waals surface area contributed by atoms with Crippen molar-refractivity contribution in [1.82, 2.24) is 10.1 Å². The summed E-state index contributed by atoms with van der Waals surface area (Å²) in [7, 11) is -3.72. The van der Waals surface area contributed by atoms with E-state index in [2.05, 4.69) is 24.0 Å². The number of aromatic nitrogens is 2. The number of nitrogens with zero attached hydrogens (tertiary/aromatic N) is 2. The molecule has 1 fully saturated rings. The molecule has 0 aliphatic heterocycles. The molecule has 3 aromatic rings. The van der Waals surface area contributed by atoms with Crippen LogP contribution in [0, 0.1) is 12.3 Å². The lowest BCUT2D eigenvalue weighted by Gasteiger charge is -2.08.